The fourth-order valence-electron chi connectivity index (χ4n) is 3.61. The monoisotopic (exact) mass is 443 g/mol. The van der Waals surface area contributed by atoms with E-state index in [1.807, 2.05) is 0 Å². The Kier molecular flexibility index (Phi) is 5.84. The molecule has 162 valence electrons. The van der Waals surface area contributed by atoms with Gasteiger partial charge in [-0.15, -0.1) is 11.3 Å². The molecular formula is C21H21N3O6S. The fraction of sp³-hybridized carbons (Fsp3) is 0.381. The van der Waals surface area contributed by atoms with Crippen molar-refractivity contribution in [3.8, 4) is 0 Å². The van der Waals surface area contributed by atoms with Crippen LogP contribution in [0, 0.1) is 0 Å². The van der Waals surface area contributed by atoms with Gasteiger partial charge in [0.2, 0.25) is 0 Å². The van der Waals surface area contributed by atoms with Crippen molar-refractivity contribution in [3.05, 3.63) is 46.0 Å². The van der Waals surface area contributed by atoms with Crippen molar-refractivity contribution >= 4 is 40.2 Å². The molecule has 2 aliphatic heterocycles. The Labute approximate surface area is 182 Å². The Hall–Kier alpha value is -3.11. The standard InChI is InChI=1S/C21H21N3O6S/c1-23(21-22-13(11-31-21)9-17(25)29-2)18(26)12-5-6-15-16(8-12)20(28)24(19(15)27)10-14-4-3-7-30-14/h5-6,8,11,14H,3-4,7,9-10H2,1-2H3/t14-/m1/s1. The van der Waals surface area contributed by atoms with Crippen LogP contribution in [0.25, 0.3) is 0 Å². The Bertz CT molecular complexity index is 1060. The summed E-state index contributed by atoms with van der Waals surface area (Å²) in [7, 11) is 2.86. The number of rotatable bonds is 6. The highest BCUT2D eigenvalue weighted by molar-refractivity contribution is 7.14. The van der Waals surface area contributed by atoms with Gasteiger partial charge >= 0.3 is 5.97 Å². The summed E-state index contributed by atoms with van der Waals surface area (Å²) >= 11 is 1.22. The minimum Gasteiger partial charge on any atom is -0.469 e. The van der Waals surface area contributed by atoms with E-state index >= 15 is 0 Å². The summed E-state index contributed by atoms with van der Waals surface area (Å²) in [6, 6.07) is 4.49. The van der Waals surface area contributed by atoms with Crippen molar-refractivity contribution in [2.75, 3.05) is 32.2 Å². The maximum atomic E-state index is 13.0. The van der Waals surface area contributed by atoms with Crippen LogP contribution in [0.15, 0.2) is 23.6 Å². The van der Waals surface area contributed by atoms with Crippen LogP contribution in [0.5, 0.6) is 0 Å². The van der Waals surface area contributed by atoms with Crippen LogP contribution in [0.1, 0.15) is 49.6 Å². The molecule has 0 unspecified atom stereocenters. The first-order chi connectivity index (χ1) is 14.9. The molecule has 31 heavy (non-hydrogen) atoms. The lowest BCUT2D eigenvalue weighted by molar-refractivity contribution is -0.139. The quantitative estimate of drug-likeness (QED) is 0.496. The van der Waals surface area contributed by atoms with Crippen molar-refractivity contribution in [2.45, 2.75) is 25.4 Å². The van der Waals surface area contributed by atoms with Gasteiger partial charge in [0.05, 0.1) is 43.0 Å². The lowest BCUT2D eigenvalue weighted by Gasteiger charge is -2.17. The Morgan fingerprint density at radius 3 is 2.77 bits per heavy atom. The molecular weight excluding hydrogens is 422 g/mol. The normalized spacial score (nSPS) is 17.7. The predicted molar refractivity (Wildman–Crippen MR) is 111 cm³/mol. The molecule has 1 aromatic heterocycles. The number of hydrogen-bond acceptors (Lipinski definition) is 8. The van der Waals surface area contributed by atoms with Crippen LogP contribution >= 0.6 is 11.3 Å². The highest BCUT2D eigenvalue weighted by Crippen LogP contribution is 2.27. The van der Waals surface area contributed by atoms with Gasteiger partial charge < -0.3 is 9.47 Å². The molecule has 4 rings (SSSR count). The van der Waals surface area contributed by atoms with Crippen LogP contribution in [0.2, 0.25) is 0 Å². The minimum absolute atomic E-state index is 0.0189. The van der Waals surface area contributed by atoms with Gasteiger partial charge in [0, 0.05) is 24.6 Å². The molecule has 3 heterocycles. The molecule has 1 aromatic carbocycles. The molecule has 0 bridgehead atoms. The second kappa shape index (κ2) is 8.56. The summed E-state index contributed by atoms with van der Waals surface area (Å²) in [4.78, 5) is 56.7. The van der Waals surface area contributed by atoms with Crippen LogP contribution in [-0.4, -0.2) is 67.0 Å². The lowest BCUT2D eigenvalue weighted by atomic mass is 10.1. The number of anilines is 1. The molecule has 0 spiro atoms. The topological polar surface area (TPSA) is 106 Å². The Morgan fingerprint density at radius 2 is 2.06 bits per heavy atom. The number of thiazole rings is 1. The molecule has 2 aliphatic rings. The van der Waals surface area contributed by atoms with E-state index in [0.29, 0.717) is 17.4 Å². The minimum atomic E-state index is -0.416. The highest BCUT2D eigenvalue weighted by atomic mass is 32.1. The summed E-state index contributed by atoms with van der Waals surface area (Å²) < 4.78 is 10.2. The number of nitrogens with zero attached hydrogens (tertiary/aromatic N) is 3. The zero-order valence-electron chi connectivity index (χ0n) is 17.1. The van der Waals surface area contributed by atoms with Gasteiger partial charge in [0.25, 0.3) is 17.7 Å². The van der Waals surface area contributed by atoms with E-state index in [-0.39, 0.29) is 47.6 Å². The first kappa shape index (κ1) is 21.1. The van der Waals surface area contributed by atoms with Gasteiger partial charge in [-0.3, -0.25) is 29.0 Å². The van der Waals surface area contributed by atoms with Crippen molar-refractivity contribution in [3.63, 3.8) is 0 Å². The van der Waals surface area contributed by atoms with Crippen molar-refractivity contribution < 1.29 is 28.7 Å². The second-order valence-corrected chi connectivity index (χ2v) is 8.19. The maximum Gasteiger partial charge on any atom is 0.311 e. The number of hydrogen-bond donors (Lipinski definition) is 0. The lowest BCUT2D eigenvalue weighted by Crippen LogP contribution is -2.36. The Balaban J connectivity index is 1.51. The van der Waals surface area contributed by atoms with E-state index in [1.54, 1.807) is 12.4 Å². The number of benzene rings is 1. The number of imide groups is 1. The number of carbonyl (C=O) groups is 4. The first-order valence-electron chi connectivity index (χ1n) is 9.80. The van der Waals surface area contributed by atoms with Crippen LogP contribution in [0.4, 0.5) is 5.13 Å². The van der Waals surface area contributed by atoms with E-state index in [0.717, 1.165) is 12.8 Å². The van der Waals surface area contributed by atoms with E-state index < -0.39 is 11.9 Å². The SMILES string of the molecule is COC(=O)Cc1csc(N(C)C(=O)c2ccc3c(c2)C(=O)N(C[C@H]2CCCO2)C3=O)n1. The Morgan fingerprint density at radius 1 is 1.29 bits per heavy atom. The number of fused-ring (bicyclic) bond motifs is 1. The molecule has 1 saturated heterocycles. The average Bonchev–Trinajstić information content (AvgIpc) is 3.51. The average molecular weight is 443 g/mol. The number of methoxy groups -OCH3 is 1. The van der Waals surface area contributed by atoms with Gasteiger partial charge in [0.1, 0.15) is 0 Å². The van der Waals surface area contributed by atoms with Crippen molar-refractivity contribution in [1.29, 1.82) is 0 Å². The smallest absolute Gasteiger partial charge is 0.311 e. The molecule has 0 saturated carbocycles. The van der Waals surface area contributed by atoms with Crippen LogP contribution in [0.3, 0.4) is 0 Å². The number of amides is 3. The molecule has 1 atom stereocenters. The molecule has 3 amide bonds. The summed E-state index contributed by atoms with van der Waals surface area (Å²) in [5.74, 6) is -1.57. The van der Waals surface area contributed by atoms with E-state index in [4.69, 9.17) is 4.74 Å². The van der Waals surface area contributed by atoms with Crippen molar-refractivity contribution in [2.24, 2.45) is 0 Å². The van der Waals surface area contributed by atoms with E-state index in [9.17, 15) is 19.2 Å². The zero-order chi connectivity index (χ0) is 22.1. The fourth-order valence-corrected chi connectivity index (χ4v) is 4.40. The van der Waals surface area contributed by atoms with Gasteiger partial charge in [-0.25, -0.2) is 4.98 Å². The van der Waals surface area contributed by atoms with Crippen LogP contribution in [-0.2, 0) is 20.7 Å². The van der Waals surface area contributed by atoms with Crippen LogP contribution < -0.4 is 4.90 Å². The summed E-state index contributed by atoms with van der Waals surface area (Å²) in [6.07, 6.45) is 1.61. The third-order valence-corrected chi connectivity index (χ3v) is 6.28. The number of carbonyl (C=O) groups excluding carboxylic acids is 4. The molecule has 0 radical (unpaired) electrons. The van der Waals surface area contributed by atoms with Crippen molar-refractivity contribution in [1.82, 2.24) is 9.88 Å². The summed E-state index contributed by atoms with van der Waals surface area (Å²) in [5, 5.41) is 2.09. The number of ether oxygens (including phenoxy) is 2. The van der Waals surface area contributed by atoms with Gasteiger partial charge in [-0.2, -0.15) is 0 Å². The van der Waals surface area contributed by atoms with E-state index in [2.05, 4.69) is 9.72 Å². The number of aromatic nitrogens is 1. The number of esters is 1. The maximum absolute atomic E-state index is 13.0. The summed E-state index contributed by atoms with van der Waals surface area (Å²) in [5.41, 5.74) is 1.28. The zero-order valence-corrected chi connectivity index (χ0v) is 17.9. The third-order valence-electron chi connectivity index (χ3n) is 5.31. The van der Waals surface area contributed by atoms with Gasteiger partial charge in [0.15, 0.2) is 5.13 Å². The third kappa shape index (κ3) is 4.08. The molecule has 1 fully saturated rings. The van der Waals surface area contributed by atoms with E-state index in [1.165, 1.54) is 46.4 Å². The predicted octanol–water partition coefficient (Wildman–Crippen LogP) is 1.91. The molecule has 9 nitrogen and oxygen atoms in total. The highest BCUT2D eigenvalue weighted by Gasteiger charge is 2.38. The van der Waals surface area contributed by atoms with Gasteiger partial charge in [-0.05, 0) is 31.0 Å². The molecule has 0 N–H and O–H groups in total. The largest absolute Gasteiger partial charge is 0.469 e. The van der Waals surface area contributed by atoms with Gasteiger partial charge in [-0.1, -0.05) is 0 Å². The second-order valence-electron chi connectivity index (χ2n) is 7.35. The molecule has 2 aromatic rings. The molecule has 10 heteroatoms. The summed E-state index contributed by atoms with van der Waals surface area (Å²) in [6.45, 7) is 0.856. The molecule has 0 aliphatic carbocycles. The first-order valence-corrected chi connectivity index (χ1v) is 10.7.